The molecular formula is C31H39N5O7S2. The summed E-state index contributed by atoms with van der Waals surface area (Å²) in [6.07, 6.45) is 5.18. The first kappa shape index (κ1) is 34.0. The van der Waals surface area contributed by atoms with Gasteiger partial charge in [-0.3, -0.25) is 9.59 Å². The van der Waals surface area contributed by atoms with Gasteiger partial charge in [-0.15, -0.1) is 21.5 Å². The van der Waals surface area contributed by atoms with Gasteiger partial charge in [-0.1, -0.05) is 31.0 Å². The Morgan fingerprint density at radius 3 is 2.33 bits per heavy atom. The van der Waals surface area contributed by atoms with Crippen LogP contribution >= 0.6 is 23.1 Å². The SMILES string of the molecule is CCOC(=O)c1sc(NC(=O)[C@@H](C)Sc2nnc(CNC(=O)c3ccc(OC)cc3)n2C2CCCCC2)c(C(=O)OCC)c1C. The van der Waals surface area contributed by atoms with E-state index < -0.39 is 17.2 Å². The summed E-state index contributed by atoms with van der Waals surface area (Å²) in [6, 6.07) is 6.98. The Bertz CT molecular complexity index is 1510. The number of carbonyl (C=O) groups excluding carboxylic acids is 4. The number of thioether (sulfide) groups is 1. The van der Waals surface area contributed by atoms with Gasteiger partial charge >= 0.3 is 11.9 Å². The highest BCUT2D eigenvalue weighted by Gasteiger charge is 2.30. The Labute approximate surface area is 270 Å². The lowest BCUT2D eigenvalue weighted by atomic mass is 9.95. The topological polar surface area (TPSA) is 151 Å². The molecule has 0 spiro atoms. The number of methoxy groups -OCH3 is 1. The van der Waals surface area contributed by atoms with Gasteiger partial charge in [-0.2, -0.15) is 0 Å². The van der Waals surface area contributed by atoms with Gasteiger partial charge < -0.3 is 29.4 Å². The van der Waals surface area contributed by atoms with Crippen LogP contribution in [0.2, 0.25) is 0 Å². The number of hydrogen-bond acceptors (Lipinski definition) is 11. The van der Waals surface area contributed by atoms with Crippen LogP contribution in [0.4, 0.5) is 5.00 Å². The van der Waals surface area contributed by atoms with Gasteiger partial charge in [0.25, 0.3) is 5.91 Å². The summed E-state index contributed by atoms with van der Waals surface area (Å²) in [6.45, 7) is 7.23. The average Bonchev–Trinajstić information content (AvgIpc) is 3.60. The molecule has 14 heteroatoms. The van der Waals surface area contributed by atoms with E-state index in [4.69, 9.17) is 14.2 Å². The van der Waals surface area contributed by atoms with Crippen LogP contribution < -0.4 is 15.4 Å². The van der Waals surface area contributed by atoms with Gasteiger partial charge in [0.15, 0.2) is 11.0 Å². The van der Waals surface area contributed by atoms with E-state index in [0.717, 1.165) is 43.4 Å². The molecule has 2 heterocycles. The molecule has 0 aliphatic heterocycles. The number of benzene rings is 1. The number of aromatic nitrogens is 3. The van der Waals surface area contributed by atoms with Crippen molar-refractivity contribution >= 4 is 51.9 Å². The predicted molar refractivity (Wildman–Crippen MR) is 171 cm³/mol. The molecule has 0 bridgehead atoms. The van der Waals surface area contributed by atoms with Gasteiger partial charge in [0.05, 0.1) is 37.7 Å². The van der Waals surface area contributed by atoms with Gasteiger partial charge in [-0.05, 0) is 70.4 Å². The third-order valence-corrected chi connectivity index (χ3v) is 9.65. The zero-order valence-electron chi connectivity index (χ0n) is 26.1. The fraction of sp³-hybridized carbons (Fsp3) is 0.484. The van der Waals surface area contributed by atoms with E-state index in [1.807, 2.05) is 4.57 Å². The number of nitrogens with one attached hydrogen (secondary N) is 2. The molecule has 0 saturated heterocycles. The minimum absolute atomic E-state index is 0.135. The second kappa shape index (κ2) is 15.9. The average molecular weight is 658 g/mol. The van der Waals surface area contributed by atoms with Crippen molar-refractivity contribution in [1.82, 2.24) is 20.1 Å². The molecule has 1 aliphatic rings. The summed E-state index contributed by atoms with van der Waals surface area (Å²) in [5.74, 6) is -0.555. The standard InChI is InChI=1S/C31H39N5O7S2/c1-6-42-29(39)24-18(3)25(30(40)43-7-2)45-28(24)33-26(37)19(4)44-31-35-34-23(36(31)21-11-9-8-10-12-21)17-32-27(38)20-13-15-22(41-5)16-14-20/h13-16,19,21H,6-12,17H2,1-5H3,(H,32,38)(H,33,37)/t19-/m1/s1. The molecular weight excluding hydrogens is 619 g/mol. The van der Waals surface area contributed by atoms with Crippen molar-refractivity contribution in [2.24, 2.45) is 0 Å². The Morgan fingerprint density at radius 1 is 1.02 bits per heavy atom. The molecule has 4 rings (SSSR count). The normalized spacial score (nSPS) is 14.0. The number of nitrogens with zero attached hydrogens (tertiary/aromatic N) is 3. The summed E-state index contributed by atoms with van der Waals surface area (Å²) >= 11 is 2.23. The lowest BCUT2D eigenvalue weighted by Crippen LogP contribution is -2.27. The van der Waals surface area contributed by atoms with E-state index in [2.05, 4.69) is 20.8 Å². The maximum absolute atomic E-state index is 13.5. The molecule has 1 atom stereocenters. The zero-order valence-corrected chi connectivity index (χ0v) is 27.8. The van der Waals surface area contributed by atoms with Crippen molar-refractivity contribution in [1.29, 1.82) is 0 Å². The van der Waals surface area contributed by atoms with E-state index in [9.17, 15) is 19.2 Å². The van der Waals surface area contributed by atoms with Crippen molar-refractivity contribution in [2.75, 3.05) is 25.6 Å². The van der Waals surface area contributed by atoms with Gasteiger partial charge in [0.1, 0.15) is 15.6 Å². The fourth-order valence-corrected chi connectivity index (χ4v) is 7.12. The third kappa shape index (κ3) is 8.23. The maximum Gasteiger partial charge on any atom is 0.348 e. The van der Waals surface area contributed by atoms with E-state index in [1.165, 1.54) is 11.8 Å². The first-order chi connectivity index (χ1) is 21.7. The Kier molecular flexibility index (Phi) is 12.0. The number of hydrogen-bond donors (Lipinski definition) is 2. The first-order valence-corrected chi connectivity index (χ1v) is 16.7. The number of rotatable bonds is 13. The number of carbonyl (C=O) groups is 4. The van der Waals surface area contributed by atoms with Crippen molar-refractivity contribution in [3.63, 3.8) is 0 Å². The van der Waals surface area contributed by atoms with Crippen molar-refractivity contribution in [2.45, 2.75) is 82.8 Å². The molecule has 1 aromatic carbocycles. The molecule has 12 nitrogen and oxygen atoms in total. The quantitative estimate of drug-likeness (QED) is 0.177. The van der Waals surface area contributed by atoms with Gasteiger partial charge in [-0.25, -0.2) is 9.59 Å². The largest absolute Gasteiger partial charge is 0.497 e. The highest BCUT2D eigenvalue weighted by atomic mass is 32.2. The molecule has 0 unspecified atom stereocenters. The summed E-state index contributed by atoms with van der Waals surface area (Å²) in [5.41, 5.74) is 1.03. The predicted octanol–water partition coefficient (Wildman–Crippen LogP) is 5.56. The summed E-state index contributed by atoms with van der Waals surface area (Å²) in [5, 5.41) is 14.7. The van der Waals surface area contributed by atoms with Crippen LogP contribution in [0, 0.1) is 6.92 Å². The Hall–Kier alpha value is -3.91. The minimum Gasteiger partial charge on any atom is -0.497 e. The van der Waals surface area contributed by atoms with Crippen LogP contribution in [-0.4, -0.2) is 64.1 Å². The van der Waals surface area contributed by atoms with Gasteiger partial charge in [0.2, 0.25) is 5.91 Å². The molecule has 2 N–H and O–H groups in total. The van der Waals surface area contributed by atoms with Crippen molar-refractivity contribution in [3.05, 3.63) is 51.7 Å². The minimum atomic E-state index is -0.637. The van der Waals surface area contributed by atoms with Crippen LogP contribution in [-0.2, 0) is 20.8 Å². The molecule has 242 valence electrons. The van der Waals surface area contributed by atoms with Gasteiger partial charge in [0, 0.05) is 11.6 Å². The summed E-state index contributed by atoms with van der Waals surface area (Å²) in [4.78, 5) is 51.9. The number of anilines is 1. The Balaban J connectivity index is 1.52. The molecule has 1 saturated carbocycles. The van der Waals surface area contributed by atoms with E-state index in [0.29, 0.717) is 27.9 Å². The third-order valence-electron chi connectivity index (χ3n) is 7.41. The maximum atomic E-state index is 13.5. The lowest BCUT2D eigenvalue weighted by Gasteiger charge is -2.26. The molecule has 45 heavy (non-hydrogen) atoms. The van der Waals surface area contributed by atoms with E-state index in [-0.39, 0.29) is 53.1 Å². The number of amides is 2. The molecule has 1 fully saturated rings. The monoisotopic (exact) mass is 657 g/mol. The van der Waals surface area contributed by atoms with Crippen molar-refractivity contribution < 1.29 is 33.4 Å². The van der Waals surface area contributed by atoms with Crippen LogP contribution in [0.1, 0.15) is 101 Å². The highest BCUT2D eigenvalue weighted by molar-refractivity contribution is 8.00. The van der Waals surface area contributed by atoms with E-state index >= 15 is 0 Å². The summed E-state index contributed by atoms with van der Waals surface area (Å²) < 4.78 is 17.6. The van der Waals surface area contributed by atoms with Crippen LogP contribution in [0.5, 0.6) is 5.75 Å². The molecule has 1 aliphatic carbocycles. The van der Waals surface area contributed by atoms with E-state index in [1.54, 1.807) is 59.1 Å². The lowest BCUT2D eigenvalue weighted by molar-refractivity contribution is -0.115. The zero-order chi connectivity index (χ0) is 32.5. The van der Waals surface area contributed by atoms with Crippen LogP contribution in [0.15, 0.2) is 29.4 Å². The summed E-state index contributed by atoms with van der Waals surface area (Å²) in [7, 11) is 1.57. The second-order valence-electron chi connectivity index (χ2n) is 10.4. The number of ether oxygens (including phenoxy) is 3. The number of thiophene rings is 1. The molecule has 2 aromatic heterocycles. The van der Waals surface area contributed by atoms with Crippen LogP contribution in [0.25, 0.3) is 0 Å². The molecule has 0 radical (unpaired) electrons. The van der Waals surface area contributed by atoms with Crippen molar-refractivity contribution in [3.8, 4) is 5.75 Å². The smallest absolute Gasteiger partial charge is 0.348 e. The fourth-order valence-electron chi connectivity index (χ4n) is 5.09. The molecule has 2 amide bonds. The first-order valence-electron chi connectivity index (χ1n) is 15.0. The highest BCUT2D eigenvalue weighted by Crippen LogP contribution is 2.37. The van der Waals surface area contributed by atoms with Crippen LogP contribution in [0.3, 0.4) is 0 Å². The number of esters is 2. The Morgan fingerprint density at radius 2 is 1.69 bits per heavy atom. The second-order valence-corrected chi connectivity index (χ2v) is 12.8. The molecule has 3 aromatic rings.